The molecule has 4 fully saturated rings. The first-order valence-electron chi connectivity index (χ1n) is 11.3. The molecule has 0 amide bonds. The summed E-state index contributed by atoms with van der Waals surface area (Å²) in [4.78, 5) is 42.8. The minimum Gasteiger partial charge on any atom is -0.387 e. The van der Waals surface area contributed by atoms with Gasteiger partial charge in [0.2, 0.25) is 5.28 Å². The van der Waals surface area contributed by atoms with Gasteiger partial charge in [-0.2, -0.15) is 9.97 Å². The molecule has 2 bridgehead atoms. The molecule has 0 aromatic carbocycles. The van der Waals surface area contributed by atoms with Crippen LogP contribution in [0.1, 0.15) is 19.1 Å². The lowest BCUT2D eigenvalue weighted by atomic mass is 9.84. The van der Waals surface area contributed by atoms with Crippen molar-refractivity contribution in [2.45, 2.75) is 43.4 Å². The summed E-state index contributed by atoms with van der Waals surface area (Å²) in [7, 11) is -9.49. The van der Waals surface area contributed by atoms with E-state index < -0.39 is 52.2 Å². The number of fused-ring (bicyclic) bond motifs is 4. The maximum absolute atomic E-state index is 11.9. The topological polar surface area (TPSA) is 213 Å². The standard InChI is InChI=1S/C18H27ClN6O9P2/c19-18-22-15(21-10-5-24-3-1-9(10)2-4-24)12-16(23-18)25(7-20-12)17-14(27)13(26)11(34-17)6-33-36(31,32)8-35(28,29)30/h7,9-11,13-14,17,26-27H,1-6,8H2,(H,31,32)(H,21,22,23)(H2,28,29,30)/t10?,11-,13?,14?,17-/m1/s1. The number of aromatic nitrogens is 4. The Morgan fingerprint density at radius 1 is 1.17 bits per heavy atom. The van der Waals surface area contributed by atoms with Crippen LogP contribution in [0.4, 0.5) is 5.82 Å². The van der Waals surface area contributed by atoms with E-state index in [-0.39, 0.29) is 17.0 Å². The fourth-order valence-electron chi connectivity index (χ4n) is 5.04. The number of nitrogens with one attached hydrogen (secondary N) is 1. The van der Waals surface area contributed by atoms with Crippen LogP contribution in [0.25, 0.3) is 11.2 Å². The summed E-state index contributed by atoms with van der Waals surface area (Å²) < 4.78 is 34.7. The van der Waals surface area contributed by atoms with Crippen molar-refractivity contribution in [3.05, 3.63) is 11.6 Å². The number of anilines is 1. The lowest BCUT2D eigenvalue weighted by Gasteiger charge is -2.45. The normalized spacial score (nSPS) is 34.2. The lowest BCUT2D eigenvalue weighted by Crippen LogP contribution is -2.53. The van der Waals surface area contributed by atoms with Gasteiger partial charge in [0.05, 0.1) is 12.9 Å². The predicted molar refractivity (Wildman–Crippen MR) is 126 cm³/mol. The van der Waals surface area contributed by atoms with Crippen molar-refractivity contribution >= 4 is 43.8 Å². The minimum absolute atomic E-state index is 0.0559. The first-order valence-corrected chi connectivity index (χ1v) is 15.3. The van der Waals surface area contributed by atoms with Crippen molar-refractivity contribution in [1.82, 2.24) is 24.4 Å². The van der Waals surface area contributed by atoms with Gasteiger partial charge in [0.15, 0.2) is 29.1 Å². The molecule has 0 radical (unpaired) electrons. The number of hydrogen-bond acceptors (Lipinski definition) is 11. The van der Waals surface area contributed by atoms with Gasteiger partial charge < -0.3 is 44.4 Å². The van der Waals surface area contributed by atoms with Crippen LogP contribution in [0.2, 0.25) is 5.28 Å². The average Bonchev–Trinajstić information content (AvgIpc) is 3.33. The molecule has 2 aromatic heterocycles. The largest absolute Gasteiger partial charge is 0.387 e. The number of imidazole rings is 1. The molecule has 6 N–H and O–H groups in total. The molecule has 4 saturated heterocycles. The zero-order valence-electron chi connectivity index (χ0n) is 18.9. The van der Waals surface area contributed by atoms with Crippen molar-refractivity contribution in [3.63, 3.8) is 0 Å². The highest BCUT2D eigenvalue weighted by Crippen LogP contribution is 2.55. The molecule has 2 aromatic rings. The second-order valence-corrected chi connectivity index (χ2v) is 13.7. The number of ether oxygens (including phenoxy) is 1. The van der Waals surface area contributed by atoms with Gasteiger partial charge in [0, 0.05) is 12.6 Å². The van der Waals surface area contributed by atoms with E-state index in [1.807, 2.05) is 0 Å². The molecule has 36 heavy (non-hydrogen) atoms. The van der Waals surface area contributed by atoms with Crippen LogP contribution in [-0.2, 0) is 18.4 Å². The number of hydrogen-bond donors (Lipinski definition) is 6. The second kappa shape index (κ2) is 9.83. The summed E-state index contributed by atoms with van der Waals surface area (Å²) in [6.07, 6.45) is -1.98. The van der Waals surface area contributed by atoms with Crippen LogP contribution < -0.4 is 5.32 Å². The third-order valence-corrected chi connectivity index (χ3v) is 10.4. The Hall–Kier alpha value is -1.22. The predicted octanol–water partition coefficient (Wildman–Crippen LogP) is -0.0578. The first-order chi connectivity index (χ1) is 16.9. The second-order valence-electron chi connectivity index (χ2n) is 9.34. The Labute approximate surface area is 210 Å². The molecule has 4 unspecified atom stereocenters. The van der Waals surface area contributed by atoms with Gasteiger partial charge in [-0.3, -0.25) is 13.7 Å². The highest BCUT2D eigenvalue weighted by Gasteiger charge is 2.46. The van der Waals surface area contributed by atoms with Gasteiger partial charge >= 0.3 is 15.2 Å². The fourth-order valence-corrected chi connectivity index (χ4v) is 7.77. The van der Waals surface area contributed by atoms with Crippen molar-refractivity contribution in [2.24, 2.45) is 5.92 Å². The zero-order valence-corrected chi connectivity index (χ0v) is 21.4. The highest BCUT2D eigenvalue weighted by atomic mass is 35.5. The molecule has 200 valence electrons. The molecule has 6 heterocycles. The highest BCUT2D eigenvalue weighted by molar-refractivity contribution is 7.70. The number of aliphatic hydroxyl groups is 2. The van der Waals surface area contributed by atoms with Gasteiger partial charge in [-0.15, -0.1) is 0 Å². The molecular formula is C18H27ClN6O9P2. The SMILES string of the molecule is O=P(O)(O)CP(=O)(O)OC[C@H]1O[C@@H](n2cnc3c(NC4CN5CCC4CC5)nc(Cl)nc32)C(O)C1O. The maximum Gasteiger partial charge on any atom is 0.340 e. The summed E-state index contributed by atoms with van der Waals surface area (Å²) in [6, 6.07) is 0.172. The molecule has 4 aliphatic rings. The van der Waals surface area contributed by atoms with Gasteiger partial charge in [0.25, 0.3) is 0 Å². The number of piperidine rings is 3. The Morgan fingerprint density at radius 2 is 1.89 bits per heavy atom. The summed E-state index contributed by atoms with van der Waals surface area (Å²) in [6.45, 7) is 2.33. The Morgan fingerprint density at radius 3 is 2.53 bits per heavy atom. The average molecular weight is 569 g/mol. The summed E-state index contributed by atoms with van der Waals surface area (Å²) in [5.41, 5.74) is 0.633. The van der Waals surface area contributed by atoms with Gasteiger partial charge in [-0.25, -0.2) is 4.98 Å². The van der Waals surface area contributed by atoms with E-state index in [1.165, 1.54) is 10.9 Å². The Kier molecular flexibility index (Phi) is 7.20. The number of rotatable bonds is 8. The molecule has 4 aliphatic heterocycles. The minimum atomic E-state index is -4.82. The maximum atomic E-state index is 11.9. The van der Waals surface area contributed by atoms with E-state index in [4.69, 9.17) is 30.6 Å². The van der Waals surface area contributed by atoms with Crippen molar-refractivity contribution < 1.29 is 43.3 Å². The van der Waals surface area contributed by atoms with Gasteiger partial charge in [-0.1, -0.05) is 0 Å². The number of aliphatic hydroxyl groups excluding tert-OH is 2. The molecule has 15 nitrogen and oxygen atoms in total. The van der Waals surface area contributed by atoms with E-state index in [1.54, 1.807) is 0 Å². The van der Waals surface area contributed by atoms with E-state index >= 15 is 0 Å². The smallest absolute Gasteiger partial charge is 0.340 e. The summed E-state index contributed by atoms with van der Waals surface area (Å²) in [5, 5.41) is 24.4. The summed E-state index contributed by atoms with van der Waals surface area (Å²) >= 11 is 6.19. The third kappa shape index (κ3) is 5.47. The quantitative estimate of drug-likeness (QED) is 0.182. The van der Waals surface area contributed by atoms with E-state index in [0.29, 0.717) is 17.3 Å². The molecule has 0 saturated carbocycles. The third-order valence-electron chi connectivity index (χ3n) is 6.79. The Bertz CT molecular complexity index is 1220. The molecule has 0 spiro atoms. The molecule has 0 aliphatic carbocycles. The van der Waals surface area contributed by atoms with Crippen molar-refractivity contribution in [1.29, 1.82) is 0 Å². The van der Waals surface area contributed by atoms with Gasteiger partial charge in [-0.05, 0) is 43.5 Å². The van der Waals surface area contributed by atoms with Crippen LogP contribution >= 0.6 is 26.8 Å². The molecule has 6 atom stereocenters. The van der Waals surface area contributed by atoms with Crippen LogP contribution in [-0.4, -0.2) is 106 Å². The summed E-state index contributed by atoms with van der Waals surface area (Å²) in [5.74, 6) is -0.440. The first kappa shape index (κ1) is 26.4. The van der Waals surface area contributed by atoms with E-state index in [0.717, 1.165) is 32.5 Å². The number of nitrogens with zero attached hydrogens (tertiary/aromatic N) is 5. The van der Waals surface area contributed by atoms with Crippen LogP contribution in [0.3, 0.4) is 0 Å². The van der Waals surface area contributed by atoms with E-state index in [2.05, 4.69) is 25.2 Å². The molecular weight excluding hydrogens is 542 g/mol. The van der Waals surface area contributed by atoms with Crippen molar-refractivity contribution in [3.8, 4) is 0 Å². The van der Waals surface area contributed by atoms with Crippen LogP contribution in [0.15, 0.2) is 6.33 Å². The van der Waals surface area contributed by atoms with E-state index in [9.17, 15) is 24.2 Å². The van der Waals surface area contributed by atoms with Gasteiger partial charge in [0.1, 0.15) is 18.3 Å². The molecule has 6 rings (SSSR count). The van der Waals surface area contributed by atoms with Crippen LogP contribution in [0, 0.1) is 5.92 Å². The molecule has 18 heteroatoms. The monoisotopic (exact) mass is 568 g/mol. The Balaban J connectivity index is 1.34. The number of halogens is 1. The zero-order chi connectivity index (χ0) is 25.8. The lowest BCUT2D eigenvalue weighted by molar-refractivity contribution is -0.0483. The van der Waals surface area contributed by atoms with Crippen LogP contribution in [0.5, 0.6) is 0 Å². The van der Waals surface area contributed by atoms with Crippen molar-refractivity contribution in [2.75, 3.05) is 37.5 Å². The fraction of sp³-hybridized carbons (Fsp3) is 0.722.